The Morgan fingerprint density at radius 2 is 2.00 bits per heavy atom. The number of hydrogen-bond donors (Lipinski definition) is 1. The third kappa shape index (κ3) is 5.52. The summed E-state index contributed by atoms with van der Waals surface area (Å²) in [7, 11) is -3.17. The van der Waals surface area contributed by atoms with Crippen molar-refractivity contribution in [1.29, 1.82) is 0 Å². The Kier molecular flexibility index (Phi) is 6.51. The van der Waals surface area contributed by atoms with Gasteiger partial charge in [0.15, 0.2) is 0 Å². The molecule has 1 rings (SSSR count). The molecule has 4 nitrogen and oxygen atoms in total. The summed E-state index contributed by atoms with van der Waals surface area (Å²) in [5, 5.41) is 2.97. The third-order valence-electron chi connectivity index (χ3n) is 2.91. The van der Waals surface area contributed by atoms with Crippen LogP contribution in [0.5, 0.6) is 0 Å². The first-order valence-corrected chi connectivity index (χ1v) is 8.29. The molecule has 0 bridgehead atoms. The molecule has 114 valence electrons. The quantitative estimate of drug-likeness (QED) is 0.744. The van der Waals surface area contributed by atoms with E-state index < -0.39 is 21.7 Å². The first-order chi connectivity index (χ1) is 9.34. The standard InChI is InChI=1S/C13H20F2N2O2S/c1-3-17(20(2,18)19)8-4-7-16-10-11-9-12(14)5-6-13(11)15/h5-6,9,16H,3-4,7-8,10H2,1-2H3. The molecule has 0 saturated heterocycles. The average molecular weight is 306 g/mol. The van der Waals surface area contributed by atoms with E-state index >= 15 is 0 Å². The third-order valence-corrected chi connectivity index (χ3v) is 4.28. The summed E-state index contributed by atoms with van der Waals surface area (Å²) in [6.07, 6.45) is 1.78. The first-order valence-electron chi connectivity index (χ1n) is 6.44. The van der Waals surface area contributed by atoms with Crippen LogP contribution >= 0.6 is 0 Å². The fourth-order valence-corrected chi connectivity index (χ4v) is 2.77. The summed E-state index contributed by atoms with van der Waals surface area (Å²) >= 11 is 0. The Bertz CT molecular complexity index is 535. The van der Waals surface area contributed by atoms with E-state index in [0.717, 1.165) is 18.2 Å². The molecule has 0 spiro atoms. The normalized spacial score (nSPS) is 12.1. The Hall–Kier alpha value is -1.05. The molecule has 0 unspecified atom stereocenters. The van der Waals surface area contributed by atoms with Crippen molar-refractivity contribution in [2.24, 2.45) is 0 Å². The van der Waals surface area contributed by atoms with E-state index in [2.05, 4.69) is 5.32 Å². The second-order valence-corrected chi connectivity index (χ2v) is 6.50. The molecular formula is C13H20F2N2O2S. The number of rotatable bonds is 8. The predicted octanol–water partition coefficient (Wildman–Crippen LogP) is 1.73. The van der Waals surface area contributed by atoms with Crippen molar-refractivity contribution in [3.05, 3.63) is 35.4 Å². The van der Waals surface area contributed by atoms with Gasteiger partial charge in [-0.3, -0.25) is 0 Å². The lowest BCUT2D eigenvalue weighted by Gasteiger charge is -2.17. The maximum absolute atomic E-state index is 13.3. The van der Waals surface area contributed by atoms with Crippen LogP contribution in [0.2, 0.25) is 0 Å². The molecule has 20 heavy (non-hydrogen) atoms. The molecule has 0 fully saturated rings. The Labute approximate surface area is 118 Å². The maximum Gasteiger partial charge on any atom is 0.211 e. The molecule has 1 aromatic rings. The number of sulfonamides is 1. The van der Waals surface area contributed by atoms with Crippen LogP contribution in [-0.2, 0) is 16.6 Å². The Balaban J connectivity index is 2.34. The van der Waals surface area contributed by atoms with Gasteiger partial charge >= 0.3 is 0 Å². The fourth-order valence-electron chi connectivity index (χ4n) is 1.84. The highest BCUT2D eigenvalue weighted by Crippen LogP contribution is 2.09. The van der Waals surface area contributed by atoms with Crippen LogP contribution in [0.25, 0.3) is 0 Å². The lowest BCUT2D eigenvalue weighted by molar-refractivity contribution is 0.418. The van der Waals surface area contributed by atoms with Gasteiger partial charge in [0.25, 0.3) is 0 Å². The van der Waals surface area contributed by atoms with Gasteiger partial charge in [0.2, 0.25) is 10.0 Å². The van der Waals surface area contributed by atoms with Gasteiger partial charge in [-0.05, 0) is 31.2 Å². The molecule has 0 saturated carbocycles. The molecule has 0 aliphatic carbocycles. The number of nitrogens with one attached hydrogen (secondary N) is 1. The zero-order chi connectivity index (χ0) is 15.2. The van der Waals surface area contributed by atoms with E-state index in [4.69, 9.17) is 0 Å². The van der Waals surface area contributed by atoms with Crippen LogP contribution in [0, 0.1) is 11.6 Å². The van der Waals surface area contributed by atoms with Crippen molar-refractivity contribution in [3.8, 4) is 0 Å². The van der Waals surface area contributed by atoms with Gasteiger partial charge in [0, 0.05) is 25.2 Å². The fraction of sp³-hybridized carbons (Fsp3) is 0.538. The minimum Gasteiger partial charge on any atom is -0.313 e. The van der Waals surface area contributed by atoms with Crippen molar-refractivity contribution in [1.82, 2.24) is 9.62 Å². The van der Waals surface area contributed by atoms with Crippen LogP contribution in [0.15, 0.2) is 18.2 Å². The molecule has 0 amide bonds. The van der Waals surface area contributed by atoms with Crippen LogP contribution in [0.3, 0.4) is 0 Å². The minimum atomic E-state index is -3.17. The molecule has 0 atom stereocenters. The number of halogens is 2. The molecule has 0 aromatic heterocycles. The summed E-state index contributed by atoms with van der Waals surface area (Å²) in [6.45, 7) is 3.36. The van der Waals surface area contributed by atoms with Gasteiger partial charge < -0.3 is 5.32 Å². The first kappa shape index (κ1) is 17.0. The summed E-state index contributed by atoms with van der Waals surface area (Å²) in [5.74, 6) is -0.928. The lowest BCUT2D eigenvalue weighted by Crippen LogP contribution is -2.32. The number of nitrogens with zero attached hydrogens (tertiary/aromatic N) is 1. The molecule has 1 aromatic carbocycles. The van der Waals surface area contributed by atoms with Crippen LogP contribution < -0.4 is 5.32 Å². The smallest absolute Gasteiger partial charge is 0.211 e. The van der Waals surface area contributed by atoms with Gasteiger partial charge in [-0.2, -0.15) is 0 Å². The van der Waals surface area contributed by atoms with E-state index in [0.29, 0.717) is 26.1 Å². The second-order valence-electron chi connectivity index (χ2n) is 4.52. The molecule has 0 heterocycles. The van der Waals surface area contributed by atoms with Crippen molar-refractivity contribution in [3.63, 3.8) is 0 Å². The monoisotopic (exact) mass is 306 g/mol. The highest BCUT2D eigenvalue weighted by atomic mass is 32.2. The second kappa shape index (κ2) is 7.66. The zero-order valence-electron chi connectivity index (χ0n) is 11.7. The van der Waals surface area contributed by atoms with Crippen molar-refractivity contribution < 1.29 is 17.2 Å². The Morgan fingerprint density at radius 3 is 2.60 bits per heavy atom. The van der Waals surface area contributed by atoms with Crippen molar-refractivity contribution in [2.75, 3.05) is 25.9 Å². The van der Waals surface area contributed by atoms with Gasteiger partial charge in [0.05, 0.1) is 6.26 Å². The topological polar surface area (TPSA) is 49.4 Å². The highest BCUT2D eigenvalue weighted by Gasteiger charge is 2.13. The molecule has 7 heteroatoms. The van der Waals surface area contributed by atoms with Gasteiger partial charge in [-0.25, -0.2) is 21.5 Å². The van der Waals surface area contributed by atoms with Crippen molar-refractivity contribution in [2.45, 2.75) is 19.9 Å². The SMILES string of the molecule is CCN(CCCNCc1cc(F)ccc1F)S(C)(=O)=O. The summed E-state index contributed by atoms with van der Waals surface area (Å²) in [5.41, 5.74) is 0.264. The molecule has 0 aliphatic heterocycles. The largest absolute Gasteiger partial charge is 0.313 e. The maximum atomic E-state index is 13.3. The van der Waals surface area contributed by atoms with Gasteiger partial charge in [0.1, 0.15) is 11.6 Å². The molecular weight excluding hydrogens is 286 g/mol. The summed E-state index contributed by atoms with van der Waals surface area (Å²) in [4.78, 5) is 0. The summed E-state index contributed by atoms with van der Waals surface area (Å²) < 4.78 is 50.3. The van der Waals surface area contributed by atoms with E-state index in [1.165, 1.54) is 10.6 Å². The number of hydrogen-bond acceptors (Lipinski definition) is 3. The molecule has 0 radical (unpaired) electrons. The lowest BCUT2D eigenvalue weighted by atomic mass is 10.2. The molecule has 1 N–H and O–H groups in total. The van der Waals surface area contributed by atoms with Gasteiger partial charge in [-0.1, -0.05) is 6.92 Å². The highest BCUT2D eigenvalue weighted by molar-refractivity contribution is 7.88. The zero-order valence-corrected chi connectivity index (χ0v) is 12.5. The predicted molar refractivity (Wildman–Crippen MR) is 74.8 cm³/mol. The minimum absolute atomic E-state index is 0.217. The van der Waals surface area contributed by atoms with Crippen LogP contribution in [0.4, 0.5) is 8.78 Å². The average Bonchev–Trinajstić information content (AvgIpc) is 2.36. The molecule has 0 aliphatic rings. The van der Waals surface area contributed by atoms with E-state index in [-0.39, 0.29) is 12.1 Å². The summed E-state index contributed by atoms with van der Waals surface area (Å²) in [6, 6.07) is 3.32. The van der Waals surface area contributed by atoms with Crippen LogP contribution in [-0.4, -0.2) is 38.6 Å². The van der Waals surface area contributed by atoms with E-state index in [1.54, 1.807) is 6.92 Å². The van der Waals surface area contributed by atoms with E-state index in [1.807, 2.05) is 0 Å². The van der Waals surface area contributed by atoms with Crippen molar-refractivity contribution >= 4 is 10.0 Å². The number of benzene rings is 1. The Morgan fingerprint density at radius 1 is 1.30 bits per heavy atom. The van der Waals surface area contributed by atoms with Gasteiger partial charge in [-0.15, -0.1) is 0 Å². The van der Waals surface area contributed by atoms with Crippen LogP contribution in [0.1, 0.15) is 18.9 Å². The van der Waals surface area contributed by atoms with E-state index in [9.17, 15) is 17.2 Å².